The minimum Gasteiger partial charge on any atom is -0.496 e. The molecule has 0 spiro atoms. The van der Waals surface area contributed by atoms with Crippen LogP contribution in [0.4, 0.5) is 5.69 Å². The summed E-state index contributed by atoms with van der Waals surface area (Å²) in [5.74, 6) is 0.754. The number of hydrogen-bond acceptors (Lipinski definition) is 5. The summed E-state index contributed by atoms with van der Waals surface area (Å²) in [5.41, 5.74) is 2.05. The normalized spacial score (nSPS) is 13.8. The van der Waals surface area contributed by atoms with Crippen molar-refractivity contribution in [2.24, 2.45) is 0 Å². The molecule has 1 saturated heterocycles. The van der Waals surface area contributed by atoms with Crippen molar-refractivity contribution in [3.63, 3.8) is 0 Å². The van der Waals surface area contributed by atoms with E-state index >= 15 is 0 Å². The number of halogens is 1. The lowest BCUT2D eigenvalue weighted by Gasteiger charge is -2.36. The van der Waals surface area contributed by atoms with Crippen molar-refractivity contribution < 1.29 is 19.1 Å². The maximum absolute atomic E-state index is 12.7. The van der Waals surface area contributed by atoms with Gasteiger partial charge in [0.15, 0.2) is 0 Å². The average Bonchev–Trinajstić information content (AvgIpc) is 3.27. The van der Waals surface area contributed by atoms with Crippen molar-refractivity contribution in [2.75, 3.05) is 51.8 Å². The second kappa shape index (κ2) is 9.40. The van der Waals surface area contributed by atoms with E-state index in [4.69, 9.17) is 21.1 Å². The third-order valence-electron chi connectivity index (χ3n) is 5.61. The number of benzene rings is 2. The van der Waals surface area contributed by atoms with Gasteiger partial charge in [-0.25, -0.2) is 0 Å². The first kappa shape index (κ1) is 21.8. The molecule has 0 saturated carbocycles. The number of nitrogens with one attached hydrogen (secondary N) is 2. The molecule has 8 nitrogen and oxygen atoms in total. The maximum atomic E-state index is 12.7. The lowest BCUT2D eigenvalue weighted by Crippen LogP contribution is -2.51. The van der Waals surface area contributed by atoms with Crippen molar-refractivity contribution in [2.45, 2.75) is 0 Å². The van der Waals surface area contributed by atoms with Crippen LogP contribution in [0.5, 0.6) is 11.5 Å². The quantitative estimate of drug-likeness (QED) is 0.595. The zero-order valence-corrected chi connectivity index (χ0v) is 18.7. The van der Waals surface area contributed by atoms with Crippen molar-refractivity contribution in [3.05, 3.63) is 53.2 Å². The predicted molar refractivity (Wildman–Crippen MR) is 124 cm³/mol. The van der Waals surface area contributed by atoms with Gasteiger partial charge in [0, 0.05) is 42.3 Å². The van der Waals surface area contributed by atoms with Crippen LogP contribution in [0.2, 0.25) is 5.02 Å². The summed E-state index contributed by atoms with van der Waals surface area (Å²) in [5, 5.41) is 4.14. The van der Waals surface area contributed by atoms with Crippen LogP contribution in [-0.2, 0) is 4.79 Å². The molecule has 0 aliphatic carbocycles. The number of carbonyl (C=O) groups excluding carboxylic acids is 2. The van der Waals surface area contributed by atoms with Gasteiger partial charge < -0.3 is 29.6 Å². The van der Waals surface area contributed by atoms with Crippen LogP contribution in [0.15, 0.2) is 42.5 Å². The Hall–Kier alpha value is -3.39. The predicted octanol–water partition coefficient (Wildman–Crippen LogP) is 2.92. The van der Waals surface area contributed by atoms with Crippen LogP contribution < -0.4 is 19.7 Å². The van der Waals surface area contributed by atoms with E-state index in [1.807, 2.05) is 24.3 Å². The van der Waals surface area contributed by atoms with Crippen LogP contribution in [0.25, 0.3) is 10.9 Å². The number of aromatic nitrogens is 1. The van der Waals surface area contributed by atoms with Crippen LogP contribution in [0, 0.1) is 0 Å². The van der Waals surface area contributed by atoms with E-state index in [-0.39, 0.29) is 18.4 Å². The van der Waals surface area contributed by atoms with Crippen molar-refractivity contribution >= 4 is 40.0 Å². The number of aromatic amines is 1. The Morgan fingerprint density at radius 2 is 1.75 bits per heavy atom. The number of rotatable bonds is 6. The number of methoxy groups -OCH3 is 2. The molecule has 0 radical (unpaired) electrons. The Labute approximate surface area is 191 Å². The number of nitrogens with zero attached hydrogens (tertiary/aromatic N) is 2. The SMILES string of the molecule is COc1ccc(OC)c2[nH]c(C(=O)NCC(=O)N3CCN(c4cccc(Cl)c4)CC3)cc12. The molecule has 9 heteroatoms. The monoisotopic (exact) mass is 456 g/mol. The molecule has 2 amide bonds. The number of piperazine rings is 1. The van der Waals surface area contributed by atoms with Crippen molar-refractivity contribution in [1.29, 1.82) is 0 Å². The van der Waals surface area contributed by atoms with E-state index in [1.54, 1.807) is 37.3 Å². The summed E-state index contributed by atoms with van der Waals surface area (Å²) in [6, 6.07) is 12.9. The zero-order valence-electron chi connectivity index (χ0n) is 18.0. The Bertz CT molecular complexity index is 1100. The molecule has 0 unspecified atom stereocenters. The molecular weight excluding hydrogens is 432 g/mol. The van der Waals surface area contributed by atoms with Crippen LogP contribution >= 0.6 is 11.6 Å². The molecule has 32 heavy (non-hydrogen) atoms. The average molecular weight is 457 g/mol. The van der Waals surface area contributed by atoms with Crippen molar-refractivity contribution in [1.82, 2.24) is 15.2 Å². The fraction of sp³-hybridized carbons (Fsp3) is 0.304. The highest BCUT2D eigenvalue weighted by Crippen LogP contribution is 2.33. The number of carbonyl (C=O) groups is 2. The third kappa shape index (κ3) is 4.45. The van der Waals surface area contributed by atoms with Crippen LogP contribution in [0.1, 0.15) is 10.5 Å². The van der Waals surface area contributed by atoms with Gasteiger partial charge in [-0.3, -0.25) is 9.59 Å². The van der Waals surface area contributed by atoms with Gasteiger partial charge in [-0.05, 0) is 36.4 Å². The molecule has 0 atom stereocenters. The second-order valence-electron chi connectivity index (χ2n) is 7.47. The fourth-order valence-corrected chi connectivity index (χ4v) is 4.07. The number of ether oxygens (including phenoxy) is 2. The minimum absolute atomic E-state index is 0.0698. The molecule has 3 aromatic rings. The van der Waals surface area contributed by atoms with E-state index in [0.717, 1.165) is 11.1 Å². The van der Waals surface area contributed by atoms with Gasteiger partial charge in [-0.2, -0.15) is 0 Å². The number of anilines is 1. The maximum Gasteiger partial charge on any atom is 0.268 e. The number of amides is 2. The smallest absolute Gasteiger partial charge is 0.268 e. The summed E-state index contributed by atoms with van der Waals surface area (Å²) in [7, 11) is 3.13. The standard InChI is InChI=1S/C23H25ClN4O4/c1-31-19-6-7-20(32-2)22-17(19)13-18(26-22)23(30)25-14-21(29)28-10-8-27(9-11-28)16-5-3-4-15(24)12-16/h3-7,12-13,26H,8-11,14H2,1-2H3,(H,25,30). The van der Waals surface area contributed by atoms with Gasteiger partial charge in [-0.1, -0.05) is 17.7 Å². The highest BCUT2D eigenvalue weighted by molar-refractivity contribution is 6.30. The minimum atomic E-state index is -0.365. The molecule has 4 rings (SSSR count). The van der Waals surface area contributed by atoms with Crippen LogP contribution in [0.3, 0.4) is 0 Å². The van der Waals surface area contributed by atoms with E-state index in [9.17, 15) is 9.59 Å². The highest BCUT2D eigenvalue weighted by atomic mass is 35.5. The lowest BCUT2D eigenvalue weighted by atomic mass is 10.2. The van der Waals surface area contributed by atoms with Crippen LogP contribution in [-0.4, -0.2) is 68.6 Å². The van der Waals surface area contributed by atoms with Gasteiger partial charge in [0.2, 0.25) is 5.91 Å². The Balaban J connectivity index is 1.35. The van der Waals surface area contributed by atoms with Gasteiger partial charge in [0.25, 0.3) is 5.91 Å². The summed E-state index contributed by atoms with van der Waals surface area (Å²) >= 11 is 6.08. The Morgan fingerprint density at radius 3 is 2.44 bits per heavy atom. The number of hydrogen-bond donors (Lipinski definition) is 2. The van der Waals surface area contributed by atoms with E-state index in [0.29, 0.717) is 53.9 Å². The summed E-state index contributed by atoms with van der Waals surface area (Å²) in [4.78, 5) is 32.3. The molecule has 2 aromatic carbocycles. The molecule has 1 aliphatic rings. The molecule has 2 heterocycles. The van der Waals surface area contributed by atoms with Gasteiger partial charge in [-0.15, -0.1) is 0 Å². The zero-order chi connectivity index (χ0) is 22.7. The number of H-pyrrole nitrogens is 1. The van der Waals surface area contributed by atoms with E-state index in [1.165, 1.54) is 0 Å². The Kier molecular flexibility index (Phi) is 6.41. The lowest BCUT2D eigenvalue weighted by molar-refractivity contribution is -0.130. The summed E-state index contributed by atoms with van der Waals surface area (Å²) < 4.78 is 10.7. The molecule has 1 aliphatic heterocycles. The number of fused-ring (bicyclic) bond motifs is 1. The molecule has 1 fully saturated rings. The van der Waals surface area contributed by atoms with E-state index < -0.39 is 0 Å². The first-order valence-electron chi connectivity index (χ1n) is 10.3. The topological polar surface area (TPSA) is 86.9 Å². The first-order valence-corrected chi connectivity index (χ1v) is 10.7. The molecule has 2 N–H and O–H groups in total. The fourth-order valence-electron chi connectivity index (χ4n) is 3.89. The Morgan fingerprint density at radius 1 is 1.03 bits per heavy atom. The van der Waals surface area contributed by atoms with Crippen molar-refractivity contribution in [3.8, 4) is 11.5 Å². The van der Waals surface area contributed by atoms with Gasteiger partial charge >= 0.3 is 0 Å². The van der Waals surface area contributed by atoms with Gasteiger partial charge in [0.1, 0.15) is 17.2 Å². The summed E-state index contributed by atoms with van der Waals surface area (Å²) in [6.45, 7) is 2.52. The first-order chi connectivity index (χ1) is 15.5. The molecule has 168 valence electrons. The molecular formula is C23H25ClN4O4. The molecule has 0 bridgehead atoms. The molecule has 1 aromatic heterocycles. The summed E-state index contributed by atoms with van der Waals surface area (Å²) in [6.07, 6.45) is 0. The third-order valence-corrected chi connectivity index (χ3v) is 5.84. The highest BCUT2D eigenvalue weighted by Gasteiger charge is 2.22. The van der Waals surface area contributed by atoms with E-state index in [2.05, 4.69) is 15.2 Å². The largest absolute Gasteiger partial charge is 0.496 e. The second-order valence-corrected chi connectivity index (χ2v) is 7.91. The van der Waals surface area contributed by atoms with Gasteiger partial charge in [0.05, 0.1) is 26.3 Å².